The van der Waals surface area contributed by atoms with Crippen molar-refractivity contribution in [1.29, 1.82) is 0 Å². The number of carbonyl (C=O) groups excluding carboxylic acids is 1. The molecule has 1 aliphatic rings. The van der Waals surface area contributed by atoms with Gasteiger partial charge in [-0.15, -0.1) is 6.42 Å². The lowest BCUT2D eigenvalue weighted by Gasteiger charge is -2.35. The number of methoxy groups -OCH3 is 1. The van der Waals surface area contributed by atoms with Crippen LogP contribution >= 0.6 is 0 Å². The van der Waals surface area contributed by atoms with Gasteiger partial charge in [0, 0.05) is 48.7 Å². The Balaban J connectivity index is 1.08. The minimum absolute atomic E-state index is 0.132. The molecule has 0 unspecified atom stereocenters. The SMILES string of the molecule is C#CCOc1cc2ncnc(N3CCN(C(=O)Nc4ccc(Oc5cccc6ccccc56)cc4)CC3)c2cc1OC. The number of ether oxygens (including phenoxy) is 3. The molecule has 0 spiro atoms. The Hall–Kier alpha value is -5.49. The van der Waals surface area contributed by atoms with Crippen molar-refractivity contribution in [3.8, 4) is 35.3 Å². The molecule has 0 aliphatic carbocycles. The molecule has 1 N–H and O–H groups in total. The highest BCUT2D eigenvalue weighted by atomic mass is 16.5. The van der Waals surface area contributed by atoms with Crippen LogP contribution in [0.25, 0.3) is 21.7 Å². The fourth-order valence-corrected chi connectivity index (χ4v) is 5.04. The minimum atomic E-state index is -0.151. The zero-order chi connectivity index (χ0) is 28.9. The molecule has 1 aromatic heterocycles. The van der Waals surface area contributed by atoms with Crippen molar-refractivity contribution in [1.82, 2.24) is 14.9 Å². The van der Waals surface area contributed by atoms with Crippen molar-refractivity contribution in [2.45, 2.75) is 0 Å². The number of terminal acetylenes is 1. The second-order valence-electron chi connectivity index (χ2n) is 9.72. The maximum atomic E-state index is 13.0. The Kier molecular flexibility index (Phi) is 7.60. The number of urea groups is 1. The number of amides is 2. The number of fused-ring (bicyclic) bond motifs is 2. The Morgan fingerprint density at radius 3 is 2.48 bits per heavy atom. The predicted octanol–water partition coefficient (Wildman–Crippen LogP) is 5.95. The molecule has 1 aliphatic heterocycles. The summed E-state index contributed by atoms with van der Waals surface area (Å²) in [6.45, 7) is 2.46. The Labute approximate surface area is 243 Å². The Bertz CT molecular complexity index is 1770. The molecule has 0 atom stereocenters. The van der Waals surface area contributed by atoms with E-state index in [-0.39, 0.29) is 12.6 Å². The van der Waals surface area contributed by atoms with Gasteiger partial charge in [-0.1, -0.05) is 42.3 Å². The number of nitrogens with one attached hydrogen (secondary N) is 1. The third kappa shape index (κ3) is 5.56. The topological polar surface area (TPSA) is 89.1 Å². The van der Waals surface area contributed by atoms with E-state index in [1.165, 1.54) is 6.33 Å². The van der Waals surface area contributed by atoms with Crippen LogP contribution < -0.4 is 24.4 Å². The van der Waals surface area contributed by atoms with Crippen molar-refractivity contribution in [3.05, 3.63) is 85.2 Å². The second kappa shape index (κ2) is 11.9. The monoisotopic (exact) mass is 559 g/mol. The van der Waals surface area contributed by atoms with Gasteiger partial charge in [0.2, 0.25) is 0 Å². The molecular formula is C33H29N5O4. The van der Waals surface area contributed by atoms with E-state index < -0.39 is 0 Å². The van der Waals surface area contributed by atoms with Crippen molar-refractivity contribution < 1.29 is 19.0 Å². The van der Waals surface area contributed by atoms with Crippen LogP contribution in [0, 0.1) is 12.3 Å². The number of nitrogens with zero attached hydrogens (tertiary/aromatic N) is 4. The van der Waals surface area contributed by atoms with Gasteiger partial charge in [0.1, 0.15) is 30.3 Å². The average molecular weight is 560 g/mol. The highest BCUT2D eigenvalue weighted by Gasteiger charge is 2.24. The summed E-state index contributed by atoms with van der Waals surface area (Å²) in [4.78, 5) is 25.9. The van der Waals surface area contributed by atoms with Gasteiger partial charge in [-0.25, -0.2) is 14.8 Å². The van der Waals surface area contributed by atoms with Crippen molar-refractivity contribution >= 4 is 39.2 Å². The lowest BCUT2D eigenvalue weighted by atomic mass is 10.1. The van der Waals surface area contributed by atoms with Crippen molar-refractivity contribution in [2.24, 2.45) is 0 Å². The molecule has 2 heterocycles. The van der Waals surface area contributed by atoms with E-state index in [9.17, 15) is 4.79 Å². The van der Waals surface area contributed by atoms with E-state index in [2.05, 4.69) is 38.2 Å². The zero-order valence-electron chi connectivity index (χ0n) is 23.1. The van der Waals surface area contributed by atoms with Crippen LogP contribution in [0.1, 0.15) is 0 Å². The molecule has 42 heavy (non-hydrogen) atoms. The van der Waals surface area contributed by atoms with Crippen LogP contribution in [0.3, 0.4) is 0 Å². The molecule has 1 saturated heterocycles. The van der Waals surface area contributed by atoms with E-state index in [0.717, 1.165) is 33.2 Å². The van der Waals surface area contributed by atoms with E-state index >= 15 is 0 Å². The molecule has 5 aromatic rings. The number of rotatable bonds is 7. The number of anilines is 2. The average Bonchev–Trinajstić information content (AvgIpc) is 3.04. The summed E-state index contributed by atoms with van der Waals surface area (Å²) in [5.74, 6) is 5.81. The van der Waals surface area contributed by atoms with Crippen molar-refractivity contribution in [2.75, 3.05) is 50.1 Å². The largest absolute Gasteiger partial charge is 0.493 e. The molecule has 4 aromatic carbocycles. The maximum absolute atomic E-state index is 13.0. The molecule has 9 heteroatoms. The van der Waals surface area contributed by atoms with Crippen LogP contribution in [0.5, 0.6) is 23.0 Å². The molecule has 0 bridgehead atoms. The van der Waals surface area contributed by atoms with E-state index in [4.69, 9.17) is 20.6 Å². The Morgan fingerprint density at radius 2 is 1.69 bits per heavy atom. The van der Waals surface area contributed by atoms with Gasteiger partial charge < -0.3 is 29.3 Å². The smallest absolute Gasteiger partial charge is 0.321 e. The number of benzene rings is 4. The molecule has 0 saturated carbocycles. The maximum Gasteiger partial charge on any atom is 0.321 e. The number of aromatic nitrogens is 2. The molecular weight excluding hydrogens is 530 g/mol. The summed E-state index contributed by atoms with van der Waals surface area (Å²) in [5, 5.41) is 6.00. The number of hydrogen-bond donors (Lipinski definition) is 1. The fraction of sp³-hybridized carbons (Fsp3) is 0.182. The molecule has 9 nitrogen and oxygen atoms in total. The number of hydrogen-bond acceptors (Lipinski definition) is 7. The first-order valence-corrected chi connectivity index (χ1v) is 13.6. The summed E-state index contributed by atoms with van der Waals surface area (Å²) in [7, 11) is 1.58. The van der Waals surface area contributed by atoms with Gasteiger partial charge in [0.25, 0.3) is 0 Å². The predicted molar refractivity (Wildman–Crippen MR) is 164 cm³/mol. The normalized spacial score (nSPS) is 13.0. The highest BCUT2D eigenvalue weighted by molar-refractivity contribution is 5.93. The standard InChI is InChI=1S/C33H29N5O4/c1-3-19-41-31-21-28-27(20-30(31)40-2)32(35-22-34-28)37-15-17-38(18-16-37)33(39)36-24-11-13-25(14-12-24)42-29-10-6-8-23-7-4-5-9-26(23)29/h1,4-14,20-22H,15-19H2,2H3,(H,36,39). The summed E-state index contributed by atoms with van der Waals surface area (Å²) < 4.78 is 17.3. The van der Waals surface area contributed by atoms with Gasteiger partial charge in [-0.3, -0.25) is 0 Å². The summed E-state index contributed by atoms with van der Waals surface area (Å²) in [5.41, 5.74) is 1.42. The lowest BCUT2D eigenvalue weighted by Crippen LogP contribution is -2.50. The first-order valence-electron chi connectivity index (χ1n) is 13.6. The number of carbonyl (C=O) groups is 1. The molecule has 6 rings (SSSR count). The third-order valence-corrected chi connectivity index (χ3v) is 7.16. The van der Waals surface area contributed by atoms with E-state index in [1.54, 1.807) is 18.1 Å². The van der Waals surface area contributed by atoms with Gasteiger partial charge in [0.05, 0.1) is 12.6 Å². The summed E-state index contributed by atoms with van der Waals surface area (Å²) in [6, 6.07) is 25.0. The van der Waals surface area contributed by atoms with Gasteiger partial charge in [-0.2, -0.15) is 0 Å². The summed E-state index contributed by atoms with van der Waals surface area (Å²) in [6.07, 6.45) is 6.87. The third-order valence-electron chi connectivity index (χ3n) is 7.16. The highest BCUT2D eigenvalue weighted by Crippen LogP contribution is 2.35. The molecule has 210 valence electrons. The van der Waals surface area contributed by atoms with Crippen LogP contribution in [-0.2, 0) is 0 Å². The molecule has 1 fully saturated rings. The van der Waals surface area contributed by atoms with Gasteiger partial charge >= 0.3 is 6.03 Å². The van der Waals surface area contributed by atoms with Crippen LogP contribution in [0.4, 0.5) is 16.3 Å². The molecule has 0 radical (unpaired) electrons. The van der Waals surface area contributed by atoms with E-state index in [0.29, 0.717) is 49.1 Å². The quantitative estimate of drug-likeness (QED) is 0.247. The first-order chi connectivity index (χ1) is 20.6. The van der Waals surface area contributed by atoms with Gasteiger partial charge in [-0.05, 0) is 41.8 Å². The van der Waals surface area contributed by atoms with Crippen LogP contribution in [0.15, 0.2) is 85.2 Å². The second-order valence-corrected chi connectivity index (χ2v) is 9.72. The summed E-state index contributed by atoms with van der Waals surface area (Å²) >= 11 is 0. The zero-order valence-corrected chi connectivity index (χ0v) is 23.1. The lowest BCUT2D eigenvalue weighted by molar-refractivity contribution is 0.208. The van der Waals surface area contributed by atoms with Crippen LogP contribution in [-0.4, -0.2) is 60.8 Å². The minimum Gasteiger partial charge on any atom is -0.493 e. The first kappa shape index (κ1) is 26.7. The fourth-order valence-electron chi connectivity index (χ4n) is 5.04. The molecule has 2 amide bonds. The number of piperazine rings is 1. The Morgan fingerprint density at radius 1 is 0.905 bits per heavy atom. The van der Waals surface area contributed by atoms with Gasteiger partial charge in [0.15, 0.2) is 11.5 Å². The van der Waals surface area contributed by atoms with Crippen molar-refractivity contribution in [3.63, 3.8) is 0 Å². The van der Waals surface area contributed by atoms with E-state index in [1.807, 2.05) is 60.7 Å². The van der Waals surface area contributed by atoms with Crippen LogP contribution in [0.2, 0.25) is 0 Å².